The molecular weight excluding hydrogens is 366 g/mol. The fourth-order valence-corrected chi connectivity index (χ4v) is 4.38. The molecule has 156 valence electrons. The molecule has 0 spiro atoms. The van der Waals surface area contributed by atoms with Gasteiger partial charge >= 0.3 is 0 Å². The summed E-state index contributed by atoms with van der Waals surface area (Å²) in [4.78, 5) is 20.2. The van der Waals surface area contributed by atoms with E-state index >= 15 is 0 Å². The molecule has 1 amide bonds. The quantitative estimate of drug-likeness (QED) is 0.785. The second-order valence-electron chi connectivity index (χ2n) is 8.12. The van der Waals surface area contributed by atoms with E-state index in [4.69, 9.17) is 4.74 Å². The first-order chi connectivity index (χ1) is 14.1. The number of aryl methyl sites for hydroxylation is 1. The first kappa shape index (κ1) is 20.1. The van der Waals surface area contributed by atoms with E-state index in [2.05, 4.69) is 21.9 Å². The largest absolute Gasteiger partial charge is 0.373 e. The SMILES string of the molecule is CN1CCCN(CC2OCCN(C(=O)c3ccccc3)C2c2cnn(C)c2)CC1. The maximum absolute atomic E-state index is 13.3. The molecule has 3 heterocycles. The van der Waals surface area contributed by atoms with Crippen molar-refractivity contribution in [3.05, 3.63) is 53.9 Å². The van der Waals surface area contributed by atoms with Crippen LogP contribution in [0.4, 0.5) is 0 Å². The molecule has 4 rings (SSSR count). The summed E-state index contributed by atoms with van der Waals surface area (Å²) in [7, 11) is 4.09. The van der Waals surface area contributed by atoms with E-state index in [9.17, 15) is 4.79 Å². The van der Waals surface area contributed by atoms with Crippen LogP contribution in [0.5, 0.6) is 0 Å². The van der Waals surface area contributed by atoms with Crippen LogP contribution in [-0.2, 0) is 11.8 Å². The van der Waals surface area contributed by atoms with E-state index in [1.165, 1.54) is 0 Å². The lowest BCUT2D eigenvalue weighted by atomic mass is 9.99. The van der Waals surface area contributed by atoms with Crippen LogP contribution in [0.25, 0.3) is 0 Å². The Hall–Kier alpha value is -2.22. The van der Waals surface area contributed by atoms with Gasteiger partial charge in [0.05, 0.1) is 24.9 Å². The molecule has 2 atom stereocenters. The van der Waals surface area contributed by atoms with Gasteiger partial charge in [-0.05, 0) is 38.7 Å². The topological polar surface area (TPSA) is 53.8 Å². The van der Waals surface area contributed by atoms with Gasteiger partial charge in [-0.3, -0.25) is 14.4 Å². The van der Waals surface area contributed by atoms with Crippen LogP contribution in [0.15, 0.2) is 42.7 Å². The van der Waals surface area contributed by atoms with Gasteiger partial charge in [0, 0.05) is 50.6 Å². The fourth-order valence-electron chi connectivity index (χ4n) is 4.38. The highest BCUT2D eigenvalue weighted by atomic mass is 16.5. The summed E-state index contributed by atoms with van der Waals surface area (Å²) >= 11 is 0. The number of carbonyl (C=O) groups is 1. The van der Waals surface area contributed by atoms with Crippen LogP contribution in [0.3, 0.4) is 0 Å². The van der Waals surface area contributed by atoms with Crippen LogP contribution in [0.1, 0.15) is 28.4 Å². The summed E-state index contributed by atoms with van der Waals surface area (Å²) in [6.45, 7) is 6.27. The third-order valence-corrected chi connectivity index (χ3v) is 5.95. The number of likely N-dealkylation sites (N-methyl/N-ethyl adjacent to an activating group) is 1. The summed E-state index contributed by atoms with van der Waals surface area (Å²) in [5.74, 6) is 0.0587. The normalized spacial score (nSPS) is 24.4. The van der Waals surface area contributed by atoms with E-state index in [0.29, 0.717) is 13.2 Å². The predicted molar refractivity (Wildman–Crippen MR) is 112 cm³/mol. The molecule has 2 saturated heterocycles. The Morgan fingerprint density at radius 3 is 2.69 bits per heavy atom. The average molecular weight is 398 g/mol. The van der Waals surface area contributed by atoms with Crippen molar-refractivity contribution in [2.24, 2.45) is 7.05 Å². The first-order valence-electron chi connectivity index (χ1n) is 10.5. The number of morpholine rings is 1. The van der Waals surface area contributed by atoms with Gasteiger partial charge in [-0.15, -0.1) is 0 Å². The van der Waals surface area contributed by atoms with Gasteiger partial charge in [0.25, 0.3) is 5.91 Å². The third-order valence-electron chi connectivity index (χ3n) is 5.95. The molecule has 1 aromatic carbocycles. The molecule has 2 fully saturated rings. The zero-order valence-electron chi connectivity index (χ0n) is 17.4. The number of nitrogens with zero attached hydrogens (tertiary/aromatic N) is 5. The van der Waals surface area contributed by atoms with Gasteiger partial charge in [-0.1, -0.05) is 18.2 Å². The van der Waals surface area contributed by atoms with Crippen LogP contribution < -0.4 is 0 Å². The van der Waals surface area contributed by atoms with Crippen molar-refractivity contribution >= 4 is 5.91 Å². The highest BCUT2D eigenvalue weighted by Crippen LogP contribution is 2.31. The number of amides is 1. The summed E-state index contributed by atoms with van der Waals surface area (Å²) < 4.78 is 8.05. The molecule has 0 bridgehead atoms. The minimum atomic E-state index is -0.133. The highest BCUT2D eigenvalue weighted by molar-refractivity contribution is 5.94. The Bertz CT molecular complexity index is 809. The van der Waals surface area contributed by atoms with E-state index in [-0.39, 0.29) is 18.1 Å². The average Bonchev–Trinajstić information content (AvgIpc) is 3.06. The molecular formula is C22H31N5O2. The zero-order valence-corrected chi connectivity index (χ0v) is 17.4. The maximum Gasteiger partial charge on any atom is 0.254 e. The van der Waals surface area contributed by atoms with Crippen LogP contribution in [-0.4, -0.2) is 89.4 Å². The van der Waals surface area contributed by atoms with Crippen molar-refractivity contribution in [1.29, 1.82) is 0 Å². The number of hydrogen-bond acceptors (Lipinski definition) is 5. The summed E-state index contributed by atoms with van der Waals surface area (Å²) in [6, 6.07) is 9.41. The third kappa shape index (κ3) is 4.69. The summed E-state index contributed by atoms with van der Waals surface area (Å²) in [5, 5.41) is 4.37. The molecule has 29 heavy (non-hydrogen) atoms. The van der Waals surface area contributed by atoms with E-state index < -0.39 is 0 Å². The highest BCUT2D eigenvalue weighted by Gasteiger charge is 2.38. The number of rotatable bonds is 4. The minimum Gasteiger partial charge on any atom is -0.373 e. The Balaban J connectivity index is 1.58. The smallest absolute Gasteiger partial charge is 0.254 e. The van der Waals surface area contributed by atoms with Crippen molar-refractivity contribution in [2.45, 2.75) is 18.6 Å². The Morgan fingerprint density at radius 1 is 1.10 bits per heavy atom. The van der Waals surface area contributed by atoms with E-state index in [1.807, 2.05) is 54.7 Å². The maximum atomic E-state index is 13.3. The van der Waals surface area contributed by atoms with Crippen LogP contribution in [0.2, 0.25) is 0 Å². The predicted octanol–water partition coefficient (Wildman–Crippen LogP) is 1.64. The van der Waals surface area contributed by atoms with Crippen molar-refractivity contribution in [3.63, 3.8) is 0 Å². The second-order valence-corrected chi connectivity index (χ2v) is 8.12. The lowest BCUT2D eigenvalue weighted by Gasteiger charge is -2.42. The van der Waals surface area contributed by atoms with Crippen LogP contribution in [0, 0.1) is 0 Å². The Kier molecular flexibility index (Phi) is 6.28. The lowest BCUT2D eigenvalue weighted by Crippen LogP contribution is -2.52. The zero-order chi connectivity index (χ0) is 20.2. The molecule has 0 saturated carbocycles. The number of carbonyl (C=O) groups excluding carboxylic acids is 1. The van der Waals surface area contributed by atoms with Crippen molar-refractivity contribution in [2.75, 3.05) is 52.9 Å². The molecule has 2 aliphatic heterocycles. The standard InChI is InChI=1S/C22H31N5O2/c1-24-9-6-10-26(12-11-24)17-20-21(19-15-23-25(2)16-19)27(13-14-29-20)22(28)18-7-4-3-5-8-18/h3-5,7-8,15-16,20-21H,6,9-14,17H2,1-2H3. The minimum absolute atomic E-state index is 0.0587. The molecule has 0 N–H and O–H groups in total. The Labute approximate surface area is 172 Å². The molecule has 0 aliphatic carbocycles. The number of benzene rings is 1. The van der Waals surface area contributed by atoms with E-state index in [1.54, 1.807) is 4.68 Å². The molecule has 2 aromatic rings. The first-order valence-corrected chi connectivity index (χ1v) is 10.5. The number of hydrogen-bond donors (Lipinski definition) is 0. The van der Waals surface area contributed by atoms with Gasteiger partial charge in [0.15, 0.2) is 0 Å². The van der Waals surface area contributed by atoms with Gasteiger partial charge in [-0.2, -0.15) is 5.10 Å². The van der Waals surface area contributed by atoms with Crippen LogP contribution >= 0.6 is 0 Å². The van der Waals surface area contributed by atoms with Crippen molar-refractivity contribution in [1.82, 2.24) is 24.5 Å². The van der Waals surface area contributed by atoms with Gasteiger partial charge in [-0.25, -0.2) is 0 Å². The van der Waals surface area contributed by atoms with Gasteiger partial charge < -0.3 is 14.5 Å². The molecule has 2 unspecified atom stereocenters. The lowest BCUT2D eigenvalue weighted by molar-refractivity contribution is -0.0723. The summed E-state index contributed by atoms with van der Waals surface area (Å²) in [5.41, 5.74) is 1.76. The molecule has 7 heteroatoms. The van der Waals surface area contributed by atoms with Crippen molar-refractivity contribution in [3.8, 4) is 0 Å². The molecule has 2 aliphatic rings. The number of aromatic nitrogens is 2. The fraction of sp³-hybridized carbons (Fsp3) is 0.545. The van der Waals surface area contributed by atoms with E-state index in [0.717, 1.165) is 50.3 Å². The van der Waals surface area contributed by atoms with Gasteiger partial charge in [0.1, 0.15) is 0 Å². The Morgan fingerprint density at radius 2 is 1.93 bits per heavy atom. The van der Waals surface area contributed by atoms with Crippen molar-refractivity contribution < 1.29 is 9.53 Å². The molecule has 0 radical (unpaired) electrons. The number of ether oxygens (including phenoxy) is 1. The van der Waals surface area contributed by atoms with Gasteiger partial charge in [0.2, 0.25) is 0 Å². The molecule has 7 nitrogen and oxygen atoms in total. The summed E-state index contributed by atoms with van der Waals surface area (Å²) in [6.07, 6.45) is 4.97. The monoisotopic (exact) mass is 397 g/mol. The second kappa shape index (κ2) is 9.07. The molecule has 1 aromatic heterocycles.